The molecule has 3 aromatic rings. The van der Waals surface area contributed by atoms with E-state index in [9.17, 15) is 26.4 Å². The highest BCUT2D eigenvalue weighted by atomic mass is 32.2. The molecular weight excluding hydrogens is 561 g/mol. The van der Waals surface area contributed by atoms with Crippen LogP contribution in [0.1, 0.15) is 31.4 Å². The van der Waals surface area contributed by atoms with Crippen LogP contribution in [0.25, 0.3) is 0 Å². The second-order valence-electron chi connectivity index (χ2n) is 9.34. The van der Waals surface area contributed by atoms with Gasteiger partial charge in [-0.3, -0.25) is 9.10 Å². The van der Waals surface area contributed by atoms with Gasteiger partial charge in [-0.05, 0) is 74.7 Å². The maximum atomic E-state index is 13.7. The molecule has 3 rings (SSSR count). The Balaban J connectivity index is 1.80. The van der Waals surface area contributed by atoms with Gasteiger partial charge in [-0.1, -0.05) is 18.2 Å². The van der Waals surface area contributed by atoms with E-state index in [1.54, 1.807) is 0 Å². The third-order valence-corrected chi connectivity index (χ3v) is 7.70. The quantitative estimate of drug-likeness (QED) is 0.265. The van der Waals surface area contributed by atoms with Gasteiger partial charge >= 0.3 is 6.18 Å². The average molecular weight is 595 g/mol. The first kappa shape index (κ1) is 31.6. The lowest BCUT2D eigenvalue weighted by Gasteiger charge is -2.25. The van der Waals surface area contributed by atoms with E-state index in [-0.39, 0.29) is 34.7 Å². The second kappa shape index (κ2) is 13.6. The summed E-state index contributed by atoms with van der Waals surface area (Å²) in [6, 6.07) is 15.1. The smallest absolute Gasteiger partial charge is 0.416 e. The lowest BCUT2D eigenvalue weighted by Crippen LogP contribution is -2.41. The largest absolute Gasteiger partial charge is 0.493 e. The summed E-state index contributed by atoms with van der Waals surface area (Å²) in [6.45, 7) is 3.34. The highest BCUT2D eigenvalue weighted by Gasteiger charge is 2.33. The lowest BCUT2D eigenvalue weighted by molar-refractivity contribution is -0.137. The van der Waals surface area contributed by atoms with Crippen LogP contribution >= 0.6 is 0 Å². The number of ether oxygens (including phenoxy) is 3. The Kier molecular flexibility index (Phi) is 10.5. The Morgan fingerprint density at radius 2 is 1.66 bits per heavy atom. The maximum absolute atomic E-state index is 13.7. The van der Waals surface area contributed by atoms with Crippen LogP contribution in [0.3, 0.4) is 0 Å². The Bertz CT molecular complexity index is 1440. The Labute approximate surface area is 238 Å². The van der Waals surface area contributed by atoms with Crippen LogP contribution < -0.4 is 23.8 Å². The molecule has 0 unspecified atom stereocenters. The van der Waals surface area contributed by atoms with Gasteiger partial charge in [0, 0.05) is 12.6 Å². The molecule has 1 N–H and O–H groups in total. The molecule has 0 atom stereocenters. The number of hydrogen-bond acceptors (Lipinski definition) is 6. The van der Waals surface area contributed by atoms with E-state index >= 15 is 0 Å². The van der Waals surface area contributed by atoms with Crippen molar-refractivity contribution in [3.8, 4) is 17.2 Å². The van der Waals surface area contributed by atoms with Crippen LogP contribution in [0, 0.1) is 0 Å². The summed E-state index contributed by atoms with van der Waals surface area (Å²) in [5, 5.41) is 2.67. The monoisotopic (exact) mass is 594 g/mol. The number of nitrogens with zero attached hydrogens (tertiary/aromatic N) is 1. The van der Waals surface area contributed by atoms with Gasteiger partial charge in [0.1, 0.15) is 12.3 Å². The van der Waals surface area contributed by atoms with Gasteiger partial charge < -0.3 is 19.5 Å². The summed E-state index contributed by atoms with van der Waals surface area (Å²) in [6.07, 6.45) is -3.52. The fourth-order valence-corrected chi connectivity index (χ4v) is 5.44. The average Bonchev–Trinajstić information content (AvgIpc) is 2.93. The normalized spacial score (nSPS) is 11.7. The number of methoxy groups -OCH3 is 2. The van der Waals surface area contributed by atoms with Crippen LogP contribution in [-0.2, 0) is 27.4 Å². The molecule has 0 heterocycles. The molecule has 0 bridgehead atoms. The van der Waals surface area contributed by atoms with Crippen molar-refractivity contribution in [2.45, 2.75) is 43.9 Å². The molecule has 12 heteroatoms. The number of benzene rings is 3. The van der Waals surface area contributed by atoms with E-state index in [2.05, 4.69) is 5.32 Å². The Morgan fingerprint density at radius 1 is 0.951 bits per heavy atom. The zero-order valence-corrected chi connectivity index (χ0v) is 24.0. The van der Waals surface area contributed by atoms with Gasteiger partial charge in [-0.25, -0.2) is 8.42 Å². The number of alkyl halides is 3. The van der Waals surface area contributed by atoms with Crippen LogP contribution in [0.5, 0.6) is 17.2 Å². The van der Waals surface area contributed by atoms with Crippen molar-refractivity contribution in [2.24, 2.45) is 0 Å². The summed E-state index contributed by atoms with van der Waals surface area (Å²) in [5.74, 6) is 0.419. The minimum atomic E-state index is -4.71. The predicted molar refractivity (Wildman–Crippen MR) is 149 cm³/mol. The predicted octanol–water partition coefficient (Wildman–Crippen LogP) is 5.45. The van der Waals surface area contributed by atoms with Crippen molar-refractivity contribution in [1.29, 1.82) is 0 Å². The zero-order chi connectivity index (χ0) is 30.2. The van der Waals surface area contributed by atoms with Crippen molar-refractivity contribution in [3.05, 3.63) is 77.9 Å². The number of carbonyl (C=O) groups is 1. The molecule has 41 heavy (non-hydrogen) atoms. The van der Waals surface area contributed by atoms with Crippen molar-refractivity contribution in [2.75, 3.05) is 31.6 Å². The van der Waals surface area contributed by atoms with Crippen molar-refractivity contribution < 1.29 is 40.6 Å². The highest BCUT2D eigenvalue weighted by molar-refractivity contribution is 7.92. The lowest BCUT2D eigenvalue weighted by atomic mass is 10.1. The van der Waals surface area contributed by atoms with Gasteiger partial charge in [0.05, 0.1) is 36.5 Å². The molecule has 0 aliphatic rings. The summed E-state index contributed by atoms with van der Waals surface area (Å²) in [4.78, 5) is 12.6. The number of carbonyl (C=O) groups excluding carboxylic acids is 1. The number of halogens is 3. The van der Waals surface area contributed by atoms with E-state index in [1.165, 1.54) is 38.5 Å². The topological polar surface area (TPSA) is 94.2 Å². The minimum Gasteiger partial charge on any atom is -0.493 e. The van der Waals surface area contributed by atoms with E-state index < -0.39 is 34.2 Å². The molecular formula is C29H33F3N2O6S. The van der Waals surface area contributed by atoms with Crippen molar-refractivity contribution in [1.82, 2.24) is 5.32 Å². The van der Waals surface area contributed by atoms with E-state index in [0.717, 1.165) is 23.4 Å². The van der Waals surface area contributed by atoms with Gasteiger partial charge in [0.2, 0.25) is 5.91 Å². The second-order valence-corrected chi connectivity index (χ2v) is 11.2. The third kappa shape index (κ3) is 8.53. The third-order valence-electron chi connectivity index (χ3n) is 5.93. The van der Waals surface area contributed by atoms with Gasteiger partial charge in [-0.2, -0.15) is 13.2 Å². The number of rotatable bonds is 13. The Morgan fingerprint density at radius 3 is 2.32 bits per heavy atom. The maximum Gasteiger partial charge on any atom is 0.416 e. The molecule has 0 aliphatic carbocycles. The molecule has 0 radical (unpaired) electrons. The fourth-order valence-electron chi connectivity index (χ4n) is 4.01. The first-order valence-corrected chi connectivity index (χ1v) is 14.2. The number of aryl methyl sites for hydroxylation is 1. The van der Waals surface area contributed by atoms with Crippen LogP contribution in [0.4, 0.5) is 18.9 Å². The number of nitrogens with one attached hydrogen (secondary N) is 1. The molecule has 1 amide bonds. The molecule has 3 aromatic carbocycles. The van der Waals surface area contributed by atoms with E-state index in [4.69, 9.17) is 14.2 Å². The number of sulfonamides is 1. The first-order chi connectivity index (χ1) is 19.3. The molecule has 8 nitrogen and oxygen atoms in total. The number of anilines is 1. The van der Waals surface area contributed by atoms with E-state index in [1.807, 2.05) is 38.1 Å². The van der Waals surface area contributed by atoms with Gasteiger partial charge in [0.15, 0.2) is 11.5 Å². The standard InChI is InChI=1S/C29H33F3N2O6S/c1-20(2)40-24-12-5-8-21(16-24)9-7-15-33-28(35)19-34(23-11-6-10-22(17-23)29(30,31)32)41(36,37)25-13-14-26(38-3)27(18-25)39-4/h5-6,8,10-14,16-18,20H,7,9,15,19H2,1-4H3,(H,33,35). The number of amides is 1. The summed E-state index contributed by atoms with van der Waals surface area (Å²) in [5.41, 5.74) is -0.364. The molecule has 0 fully saturated rings. The molecule has 0 aliphatic heterocycles. The summed E-state index contributed by atoms with van der Waals surface area (Å²) >= 11 is 0. The van der Waals surface area contributed by atoms with Gasteiger partial charge in [0.25, 0.3) is 10.0 Å². The van der Waals surface area contributed by atoms with Crippen LogP contribution in [-0.4, -0.2) is 47.7 Å². The highest BCUT2D eigenvalue weighted by Crippen LogP contribution is 2.35. The van der Waals surface area contributed by atoms with E-state index in [0.29, 0.717) is 23.2 Å². The fraction of sp³-hybridized carbons (Fsp3) is 0.345. The molecule has 222 valence electrons. The van der Waals surface area contributed by atoms with Crippen molar-refractivity contribution >= 4 is 21.6 Å². The molecule has 0 spiro atoms. The molecule has 0 aromatic heterocycles. The first-order valence-electron chi connectivity index (χ1n) is 12.8. The molecule has 0 saturated carbocycles. The summed E-state index contributed by atoms with van der Waals surface area (Å²) < 4.78 is 84.4. The molecule has 0 saturated heterocycles. The number of hydrogen-bond donors (Lipinski definition) is 1. The summed E-state index contributed by atoms with van der Waals surface area (Å²) in [7, 11) is -1.81. The van der Waals surface area contributed by atoms with Crippen LogP contribution in [0.15, 0.2) is 71.6 Å². The minimum absolute atomic E-state index is 0.0274. The SMILES string of the molecule is COc1ccc(S(=O)(=O)N(CC(=O)NCCCc2cccc(OC(C)C)c2)c2cccc(C(F)(F)F)c2)cc1OC. The Hall–Kier alpha value is -3.93. The zero-order valence-electron chi connectivity index (χ0n) is 23.2. The van der Waals surface area contributed by atoms with Crippen LogP contribution in [0.2, 0.25) is 0 Å². The van der Waals surface area contributed by atoms with Gasteiger partial charge in [-0.15, -0.1) is 0 Å². The van der Waals surface area contributed by atoms with Crippen molar-refractivity contribution in [3.63, 3.8) is 0 Å².